The molecule has 1 aliphatic rings. The Bertz CT molecular complexity index is 1030. The average molecular weight is 448 g/mol. The van der Waals surface area contributed by atoms with Crippen molar-refractivity contribution >= 4 is 21.6 Å². The van der Waals surface area contributed by atoms with Gasteiger partial charge in [-0.3, -0.25) is 4.79 Å². The maximum atomic E-state index is 13.1. The molecule has 0 aromatic heterocycles. The molecule has 31 heavy (non-hydrogen) atoms. The van der Waals surface area contributed by atoms with Gasteiger partial charge >= 0.3 is 0 Å². The Hall–Kier alpha value is -2.78. The monoisotopic (exact) mass is 447 g/mol. The Balaban J connectivity index is 1.77. The third-order valence-electron chi connectivity index (χ3n) is 5.08. The molecular formula is C22H29N3O5S. The van der Waals surface area contributed by atoms with Crippen LogP contribution in [0.4, 0.5) is 5.69 Å². The Morgan fingerprint density at radius 1 is 0.968 bits per heavy atom. The van der Waals surface area contributed by atoms with Gasteiger partial charge in [0.15, 0.2) is 0 Å². The number of hydrogen-bond donors (Lipinski definition) is 1. The minimum atomic E-state index is -3.81. The molecule has 168 valence electrons. The van der Waals surface area contributed by atoms with Gasteiger partial charge in [0, 0.05) is 37.8 Å². The standard InChI is InChI=1S/C22H29N3O5S/c1-16(2)23-31(27,28)21-15-17(9-10-20(21)30-4)22(26)25-13-11-24(12-14-25)18-7-5-6-8-19(18)29-3/h5-10,15-16,23H,11-14H2,1-4H3. The first-order valence-electron chi connectivity index (χ1n) is 10.1. The zero-order chi connectivity index (χ0) is 22.6. The number of nitrogens with one attached hydrogen (secondary N) is 1. The molecule has 1 amide bonds. The number of sulfonamides is 1. The lowest BCUT2D eigenvalue weighted by atomic mass is 10.1. The van der Waals surface area contributed by atoms with E-state index in [4.69, 9.17) is 9.47 Å². The van der Waals surface area contributed by atoms with E-state index < -0.39 is 10.0 Å². The van der Waals surface area contributed by atoms with Crippen molar-refractivity contribution in [2.75, 3.05) is 45.3 Å². The number of ether oxygens (including phenoxy) is 2. The van der Waals surface area contributed by atoms with Crippen LogP contribution in [0, 0.1) is 0 Å². The smallest absolute Gasteiger partial charge is 0.254 e. The zero-order valence-corrected chi connectivity index (χ0v) is 19.1. The Morgan fingerprint density at radius 2 is 1.61 bits per heavy atom. The molecule has 2 aromatic rings. The van der Waals surface area contributed by atoms with E-state index in [-0.39, 0.29) is 22.6 Å². The summed E-state index contributed by atoms with van der Waals surface area (Å²) in [6.07, 6.45) is 0. The maximum Gasteiger partial charge on any atom is 0.254 e. The minimum absolute atomic E-state index is 0.0396. The van der Waals surface area contributed by atoms with Crippen molar-refractivity contribution in [1.29, 1.82) is 0 Å². The molecule has 1 fully saturated rings. The van der Waals surface area contributed by atoms with Crippen LogP contribution in [0.15, 0.2) is 47.4 Å². The van der Waals surface area contributed by atoms with Gasteiger partial charge in [-0.1, -0.05) is 12.1 Å². The molecule has 0 aliphatic carbocycles. The van der Waals surface area contributed by atoms with E-state index in [1.165, 1.54) is 19.2 Å². The maximum absolute atomic E-state index is 13.1. The molecule has 0 unspecified atom stereocenters. The summed E-state index contributed by atoms with van der Waals surface area (Å²) in [4.78, 5) is 17.0. The largest absolute Gasteiger partial charge is 0.495 e. The Morgan fingerprint density at radius 3 is 2.23 bits per heavy atom. The fourth-order valence-corrected chi connectivity index (χ4v) is 5.06. The minimum Gasteiger partial charge on any atom is -0.495 e. The number of carbonyl (C=O) groups excluding carboxylic acids is 1. The zero-order valence-electron chi connectivity index (χ0n) is 18.3. The molecule has 1 heterocycles. The number of amides is 1. The molecule has 8 nitrogen and oxygen atoms in total. The number of carbonyl (C=O) groups is 1. The topological polar surface area (TPSA) is 88.2 Å². The van der Waals surface area contributed by atoms with Gasteiger partial charge in [-0.2, -0.15) is 0 Å². The van der Waals surface area contributed by atoms with Crippen LogP contribution < -0.4 is 19.1 Å². The fourth-order valence-electron chi connectivity index (χ4n) is 3.62. The number of para-hydroxylation sites is 2. The van der Waals surface area contributed by atoms with E-state index in [0.717, 1.165) is 11.4 Å². The molecular weight excluding hydrogens is 418 g/mol. The predicted octanol–water partition coefficient (Wildman–Crippen LogP) is 2.35. The number of anilines is 1. The molecule has 2 aromatic carbocycles. The summed E-state index contributed by atoms with van der Waals surface area (Å²) in [5.74, 6) is 0.791. The van der Waals surface area contributed by atoms with Gasteiger partial charge in [0.1, 0.15) is 16.4 Å². The molecule has 3 rings (SSSR count). The fraction of sp³-hybridized carbons (Fsp3) is 0.409. The van der Waals surface area contributed by atoms with Crippen LogP contribution in [0.5, 0.6) is 11.5 Å². The highest BCUT2D eigenvalue weighted by Gasteiger charge is 2.27. The highest BCUT2D eigenvalue weighted by Crippen LogP contribution is 2.29. The van der Waals surface area contributed by atoms with Gasteiger partial charge in [-0.15, -0.1) is 0 Å². The van der Waals surface area contributed by atoms with Crippen molar-refractivity contribution in [3.63, 3.8) is 0 Å². The second-order valence-electron chi connectivity index (χ2n) is 7.59. The average Bonchev–Trinajstić information content (AvgIpc) is 2.77. The van der Waals surface area contributed by atoms with Crippen molar-refractivity contribution in [1.82, 2.24) is 9.62 Å². The van der Waals surface area contributed by atoms with Gasteiger partial charge in [0.25, 0.3) is 5.91 Å². The van der Waals surface area contributed by atoms with Crippen molar-refractivity contribution < 1.29 is 22.7 Å². The van der Waals surface area contributed by atoms with Crippen molar-refractivity contribution in [3.8, 4) is 11.5 Å². The molecule has 0 spiro atoms. The second kappa shape index (κ2) is 9.57. The number of piperazine rings is 1. The van der Waals surface area contributed by atoms with Crippen LogP contribution >= 0.6 is 0 Å². The predicted molar refractivity (Wildman–Crippen MR) is 120 cm³/mol. The first kappa shape index (κ1) is 22.9. The quantitative estimate of drug-likeness (QED) is 0.701. The van der Waals surface area contributed by atoms with E-state index in [2.05, 4.69) is 9.62 Å². The summed E-state index contributed by atoms with van der Waals surface area (Å²) in [5.41, 5.74) is 1.31. The lowest BCUT2D eigenvalue weighted by molar-refractivity contribution is 0.0746. The lowest BCUT2D eigenvalue weighted by Crippen LogP contribution is -2.48. The van der Waals surface area contributed by atoms with Gasteiger partial charge in [-0.05, 0) is 44.2 Å². The SMILES string of the molecule is COc1ccccc1N1CCN(C(=O)c2ccc(OC)c(S(=O)(=O)NC(C)C)c2)CC1. The molecule has 0 atom stereocenters. The molecule has 0 saturated carbocycles. The summed E-state index contributed by atoms with van der Waals surface area (Å²) < 4.78 is 38.6. The van der Waals surface area contributed by atoms with Crippen LogP contribution in [0.2, 0.25) is 0 Å². The van der Waals surface area contributed by atoms with Crippen LogP contribution in [0.1, 0.15) is 24.2 Å². The van der Waals surface area contributed by atoms with Gasteiger partial charge in [-0.25, -0.2) is 13.1 Å². The number of rotatable bonds is 7. The molecule has 9 heteroatoms. The van der Waals surface area contributed by atoms with Crippen LogP contribution in [-0.2, 0) is 10.0 Å². The van der Waals surface area contributed by atoms with Gasteiger partial charge in [0.05, 0.1) is 19.9 Å². The highest BCUT2D eigenvalue weighted by molar-refractivity contribution is 7.89. The van der Waals surface area contributed by atoms with E-state index in [0.29, 0.717) is 31.7 Å². The molecule has 1 aliphatic heterocycles. The summed E-state index contributed by atoms with van der Waals surface area (Å²) in [5, 5.41) is 0. The van der Waals surface area contributed by atoms with Gasteiger partial charge in [0.2, 0.25) is 10.0 Å². The normalized spacial score (nSPS) is 14.6. The summed E-state index contributed by atoms with van der Waals surface area (Å²) in [7, 11) is -0.763. The number of hydrogen-bond acceptors (Lipinski definition) is 6. The molecule has 0 radical (unpaired) electrons. The van der Waals surface area contributed by atoms with E-state index in [9.17, 15) is 13.2 Å². The molecule has 1 saturated heterocycles. The van der Waals surface area contributed by atoms with Crippen LogP contribution in [-0.4, -0.2) is 65.7 Å². The van der Waals surface area contributed by atoms with Crippen molar-refractivity contribution in [2.45, 2.75) is 24.8 Å². The first-order valence-corrected chi connectivity index (χ1v) is 11.6. The first-order chi connectivity index (χ1) is 14.8. The van der Waals surface area contributed by atoms with E-state index in [1.807, 2.05) is 24.3 Å². The third-order valence-corrected chi connectivity index (χ3v) is 6.76. The van der Waals surface area contributed by atoms with E-state index in [1.54, 1.807) is 31.9 Å². The van der Waals surface area contributed by atoms with Crippen LogP contribution in [0.3, 0.4) is 0 Å². The second-order valence-corrected chi connectivity index (χ2v) is 9.28. The van der Waals surface area contributed by atoms with Gasteiger partial charge < -0.3 is 19.3 Å². The summed E-state index contributed by atoms with van der Waals surface area (Å²) in [6.45, 7) is 5.83. The summed E-state index contributed by atoms with van der Waals surface area (Å²) >= 11 is 0. The van der Waals surface area contributed by atoms with Crippen molar-refractivity contribution in [3.05, 3.63) is 48.0 Å². The Kier molecular flexibility index (Phi) is 7.07. The Labute approximate surface area is 183 Å². The number of methoxy groups -OCH3 is 2. The number of nitrogens with zero attached hydrogens (tertiary/aromatic N) is 2. The number of benzene rings is 2. The lowest BCUT2D eigenvalue weighted by Gasteiger charge is -2.36. The van der Waals surface area contributed by atoms with E-state index >= 15 is 0 Å². The molecule has 1 N–H and O–H groups in total. The van der Waals surface area contributed by atoms with Crippen LogP contribution in [0.25, 0.3) is 0 Å². The highest BCUT2D eigenvalue weighted by atomic mass is 32.2. The molecule has 0 bridgehead atoms. The summed E-state index contributed by atoms with van der Waals surface area (Å²) in [6, 6.07) is 12.0. The van der Waals surface area contributed by atoms with Crippen molar-refractivity contribution in [2.24, 2.45) is 0 Å². The third kappa shape index (κ3) is 5.11.